The molecule has 4 nitrogen and oxygen atoms in total. The second-order valence-corrected chi connectivity index (χ2v) is 6.16. The molecule has 0 saturated carbocycles. The Labute approximate surface area is 119 Å². The van der Waals surface area contributed by atoms with Crippen molar-refractivity contribution in [1.29, 1.82) is 0 Å². The number of anilines is 1. The van der Waals surface area contributed by atoms with Gasteiger partial charge in [-0.15, -0.1) is 0 Å². The summed E-state index contributed by atoms with van der Waals surface area (Å²) in [4.78, 5) is 12.6. The van der Waals surface area contributed by atoms with Crippen molar-refractivity contribution in [3.8, 4) is 11.4 Å². The van der Waals surface area contributed by atoms with Gasteiger partial charge >= 0.3 is 0 Å². The molecule has 0 aliphatic carbocycles. The van der Waals surface area contributed by atoms with Crippen molar-refractivity contribution < 1.29 is 4.39 Å². The van der Waals surface area contributed by atoms with E-state index in [1.165, 1.54) is 12.1 Å². The van der Waals surface area contributed by atoms with E-state index in [0.29, 0.717) is 21.7 Å². The fourth-order valence-electron chi connectivity index (χ4n) is 1.54. The minimum Gasteiger partial charge on any atom is -0.368 e. The van der Waals surface area contributed by atoms with Crippen LogP contribution in [0.3, 0.4) is 0 Å². The molecule has 2 N–H and O–H groups in total. The first-order valence-electron chi connectivity index (χ1n) is 5.74. The zero-order valence-electron chi connectivity index (χ0n) is 10.9. The predicted molar refractivity (Wildman–Crippen MR) is 76.0 cm³/mol. The molecular weight excluding hydrogens is 311 g/mol. The summed E-state index contributed by atoms with van der Waals surface area (Å²) < 4.78 is 14.0. The van der Waals surface area contributed by atoms with Crippen molar-refractivity contribution in [3.05, 3.63) is 34.3 Å². The summed E-state index contributed by atoms with van der Waals surface area (Å²) in [7, 11) is 0. The van der Waals surface area contributed by atoms with Crippen molar-refractivity contribution in [2.45, 2.75) is 26.2 Å². The molecular formula is C13H14BrFN4. The topological polar surface area (TPSA) is 64.7 Å². The summed E-state index contributed by atoms with van der Waals surface area (Å²) in [6.07, 6.45) is 0. The largest absolute Gasteiger partial charge is 0.368 e. The molecule has 0 fully saturated rings. The van der Waals surface area contributed by atoms with E-state index in [-0.39, 0.29) is 17.2 Å². The van der Waals surface area contributed by atoms with Crippen LogP contribution in [0.5, 0.6) is 0 Å². The molecule has 0 radical (unpaired) electrons. The van der Waals surface area contributed by atoms with Gasteiger partial charge in [-0.25, -0.2) is 9.37 Å². The van der Waals surface area contributed by atoms with Gasteiger partial charge in [0.1, 0.15) is 11.6 Å². The van der Waals surface area contributed by atoms with Gasteiger partial charge < -0.3 is 5.73 Å². The third-order valence-electron chi connectivity index (χ3n) is 2.44. The molecule has 0 bridgehead atoms. The van der Waals surface area contributed by atoms with Crippen molar-refractivity contribution >= 4 is 21.9 Å². The minimum absolute atomic E-state index is 0.135. The van der Waals surface area contributed by atoms with Gasteiger partial charge in [-0.05, 0) is 18.2 Å². The Morgan fingerprint density at radius 2 is 1.79 bits per heavy atom. The normalized spacial score (nSPS) is 11.6. The first-order chi connectivity index (χ1) is 8.75. The van der Waals surface area contributed by atoms with Crippen LogP contribution in [0.15, 0.2) is 22.7 Å². The van der Waals surface area contributed by atoms with Gasteiger partial charge in [0.25, 0.3) is 0 Å². The number of aromatic nitrogens is 3. The fourth-order valence-corrected chi connectivity index (χ4v) is 2.01. The van der Waals surface area contributed by atoms with Gasteiger partial charge in [0.2, 0.25) is 5.95 Å². The van der Waals surface area contributed by atoms with Gasteiger partial charge in [0.15, 0.2) is 5.82 Å². The molecule has 0 saturated heterocycles. The summed E-state index contributed by atoms with van der Waals surface area (Å²) in [5.74, 6) is 0.726. The fraction of sp³-hybridized carbons (Fsp3) is 0.308. The van der Waals surface area contributed by atoms with Crippen LogP contribution >= 0.6 is 15.9 Å². The van der Waals surface area contributed by atoms with Crippen LogP contribution < -0.4 is 5.73 Å². The molecule has 2 rings (SSSR count). The van der Waals surface area contributed by atoms with Crippen LogP contribution in [-0.2, 0) is 5.41 Å². The van der Waals surface area contributed by atoms with Crippen LogP contribution in [0, 0.1) is 5.82 Å². The minimum atomic E-state index is -0.360. The Bertz CT molecular complexity index is 602. The maximum atomic E-state index is 13.4. The molecule has 0 aliphatic heterocycles. The van der Waals surface area contributed by atoms with E-state index < -0.39 is 0 Å². The number of benzene rings is 1. The van der Waals surface area contributed by atoms with Gasteiger partial charge in [-0.1, -0.05) is 36.7 Å². The van der Waals surface area contributed by atoms with Gasteiger partial charge in [0.05, 0.1) is 0 Å². The highest BCUT2D eigenvalue weighted by atomic mass is 79.9. The molecule has 19 heavy (non-hydrogen) atoms. The van der Waals surface area contributed by atoms with E-state index in [2.05, 4.69) is 30.9 Å². The van der Waals surface area contributed by atoms with Crippen molar-refractivity contribution in [2.75, 3.05) is 5.73 Å². The van der Waals surface area contributed by atoms with E-state index >= 15 is 0 Å². The molecule has 1 aromatic heterocycles. The number of halogens is 2. The quantitative estimate of drug-likeness (QED) is 0.873. The number of nitrogen functional groups attached to an aromatic ring is 1. The molecule has 0 unspecified atom stereocenters. The maximum Gasteiger partial charge on any atom is 0.223 e. The lowest BCUT2D eigenvalue weighted by molar-refractivity contribution is 0.544. The number of nitrogens with two attached hydrogens (primary N) is 1. The lowest BCUT2D eigenvalue weighted by atomic mass is 9.96. The van der Waals surface area contributed by atoms with E-state index in [0.717, 1.165) is 0 Å². The molecule has 0 aliphatic rings. The van der Waals surface area contributed by atoms with Gasteiger partial charge in [-0.3, -0.25) is 0 Å². The zero-order valence-corrected chi connectivity index (χ0v) is 12.5. The third-order valence-corrected chi connectivity index (χ3v) is 2.90. The lowest BCUT2D eigenvalue weighted by Gasteiger charge is -2.17. The average Bonchev–Trinajstić information content (AvgIpc) is 2.25. The van der Waals surface area contributed by atoms with Crippen LogP contribution in [0.4, 0.5) is 10.3 Å². The monoisotopic (exact) mass is 324 g/mol. The Hall–Kier alpha value is -1.56. The number of hydrogen-bond acceptors (Lipinski definition) is 4. The molecule has 0 atom stereocenters. The zero-order chi connectivity index (χ0) is 14.2. The van der Waals surface area contributed by atoms with Crippen LogP contribution in [-0.4, -0.2) is 15.0 Å². The van der Waals surface area contributed by atoms with Crippen molar-refractivity contribution in [2.24, 2.45) is 0 Å². The maximum absolute atomic E-state index is 13.4. The average molecular weight is 325 g/mol. The molecule has 1 aromatic carbocycles. The van der Waals surface area contributed by atoms with E-state index in [4.69, 9.17) is 5.73 Å². The number of hydrogen-bond donors (Lipinski definition) is 1. The Morgan fingerprint density at radius 1 is 1.11 bits per heavy atom. The van der Waals surface area contributed by atoms with E-state index in [1.54, 1.807) is 6.07 Å². The Kier molecular flexibility index (Phi) is 3.54. The molecule has 0 amide bonds. The van der Waals surface area contributed by atoms with Gasteiger partial charge in [0, 0.05) is 15.5 Å². The summed E-state index contributed by atoms with van der Waals surface area (Å²) in [6, 6.07) is 4.48. The second-order valence-electron chi connectivity index (χ2n) is 5.25. The van der Waals surface area contributed by atoms with Crippen molar-refractivity contribution in [3.63, 3.8) is 0 Å². The Morgan fingerprint density at radius 3 is 2.37 bits per heavy atom. The lowest BCUT2D eigenvalue weighted by Crippen LogP contribution is -2.18. The van der Waals surface area contributed by atoms with E-state index in [1.807, 2.05) is 20.8 Å². The third kappa shape index (κ3) is 3.26. The van der Waals surface area contributed by atoms with Crippen molar-refractivity contribution in [1.82, 2.24) is 15.0 Å². The number of nitrogens with zero attached hydrogens (tertiary/aromatic N) is 3. The summed E-state index contributed by atoms with van der Waals surface area (Å²) in [6.45, 7) is 5.94. The first-order valence-corrected chi connectivity index (χ1v) is 6.53. The first kappa shape index (κ1) is 13.9. The smallest absolute Gasteiger partial charge is 0.223 e. The van der Waals surface area contributed by atoms with Gasteiger partial charge in [-0.2, -0.15) is 9.97 Å². The highest BCUT2D eigenvalue weighted by molar-refractivity contribution is 9.10. The van der Waals surface area contributed by atoms with E-state index in [9.17, 15) is 4.39 Å². The molecule has 1 heterocycles. The second kappa shape index (κ2) is 4.85. The molecule has 100 valence electrons. The SMILES string of the molecule is CC(C)(C)c1nc(N)nc(-c2cc(F)cc(Br)c2)n1. The summed E-state index contributed by atoms with van der Waals surface area (Å²) in [5.41, 5.74) is 6.01. The summed E-state index contributed by atoms with van der Waals surface area (Å²) >= 11 is 3.24. The molecule has 2 aromatic rings. The molecule has 0 spiro atoms. The number of rotatable bonds is 1. The van der Waals surface area contributed by atoms with Crippen LogP contribution in [0.1, 0.15) is 26.6 Å². The summed E-state index contributed by atoms with van der Waals surface area (Å²) in [5, 5.41) is 0. The highest BCUT2D eigenvalue weighted by Gasteiger charge is 2.20. The molecule has 6 heteroatoms. The van der Waals surface area contributed by atoms with Crippen LogP contribution in [0.2, 0.25) is 0 Å². The standard InChI is InChI=1S/C13H14BrFN4/c1-13(2,3)11-17-10(18-12(16)19-11)7-4-8(14)6-9(15)5-7/h4-6H,1-3H3,(H2,16,17,18,19). The highest BCUT2D eigenvalue weighted by Crippen LogP contribution is 2.25. The predicted octanol–water partition coefficient (Wildman–Crippen LogP) is 3.32. The van der Waals surface area contributed by atoms with Crippen LogP contribution in [0.25, 0.3) is 11.4 Å². The Balaban J connectivity index is 2.59.